The second-order valence-corrected chi connectivity index (χ2v) is 8.14. The molecule has 1 aliphatic heterocycles. The second-order valence-electron chi connectivity index (χ2n) is 6.12. The smallest absolute Gasteiger partial charge is 0.175 e. The molecule has 1 aliphatic rings. The van der Waals surface area contributed by atoms with E-state index in [1.807, 2.05) is 18.2 Å². The van der Waals surface area contributed by atoms with E-state index in [-0.39, 0.29) is 0 Å². The summed E-state index contributed by atoms with van der Waals surface area (Å²) in [6, 6.07) is 9.19. The van der Waals surface area contributed by atoms with Crippen LogP contribution in [0.25, 0.3) is 0 Å². The van der Waals surface area contributed by atoms with Crippen LogP contribution >= 0.6 is 0 Å². The molecule has 0 spiro atoms. The first-order valence-electron chi connectivity index (χ1n) is 7.79. The number of sulfone groups is 1. The lowest BCUT2D eigenvalue weighted by molar-refractivity contribution is 0.198. The third-order valence-electron chi connectivity index (χ3n) is 4.29. The molecule has 122 valence electrons. The molecular formula is C17H21N3O2S. The molecule has 3 rings (SSSR count). The van der Waals surface area contributed by atoms with Crippen molar-refractivity contribution in [1.82, 2.24) is 14.9 Å². The Bertz CT molecular complexity index is 745. The molecule has 2 heterocycles. The second kappa shape index (κ2) is 6.76. The summed E-state index contributed by atoms with van der Waals surface area (Å²) in [6.45, 7) is 2.88. The van der Waals surface area contributed by atoms with Crippen LogP contribution in [0.4, 0.5) is 0 Å². The van der Waals surface area contributed by atoms with E-state index in [9.17, 15) is 8.42 Å². The third kappa shape index (κ3) is 4.14. The molecule has 0 bridgehead atoms. The highest BCUT2D eigenvalue weighted by Crippen LogP contribution is 2.26. The van der Waals surface area contributed by atoms with E-state index in [4.69, 9.17) is 0 Å². The Kier molecular flexibility index (Phi) is 4.73. The van der Waals surface area contributed by atoms with Gasteiger partial charge in [-0.1, -0.05) is 12.1 Å². The Morgan fingerprint density at radius 2 is 2.00 bits per heavy atom. The van der Waals surface area contributed by atoms with Crippen LogP contribution in [0.5, 0.6) is 0 Å². The molecule has 1 aromatic carbocycles. The number of likely N-dealkylation sites (tertiary alicyclic amines) is 1. The van der Waals surface area contributed by atoms with Crippen molar-refractivity contribution < 1.29 is 8.42 Å². The molecule has 0 aliphatic carbocycles. The van der Waals surface area contributed by atoms with E-state index in [1.165, 1.54) is 6.26 Å². The van der Waals surface area contributed by atoms with Gasteiger partial charge in [0.15, 0.2) is 9.84 Å². The Morgan fingerprint density at radius 3 is 2.65 bits per heavy atom. The maximum absolute atomic E-state index is 11.5. The zero-order valence-electron chi connectivity index (χ0n) is 13.2. The Labute approximate surface area is 137 Å². The molecule has 1 saturated heterocycles. The summed E-state index contributed by atoms with van der Waals surface area (Å²) in [7, 11) is -3.13. The average molecular weight is 331 g/mol. The molecular weight excluding hydrogens is 310 g/mol. The van der Waals surface area contributed by atoms with Crippen LogP contribution in [-0.4, -0.2) is 42.6 Å². The van der Waals surface area contributed by atoms with Crippen LogP contribution in [0.3, 0.4) is 0 Å². The van der Waals surface area contributed by atoms with Crippen molar-refractivity contribution in [2.24, 2.45) is 0 Å². The molecule has 6 heteroatoms. The zero-order valence-corrected chi connectivity index (χ0v) is 14.0. The summed E-state index contributed by atoms with van der Waals surface area (Å²) < 4.78 is 23.0. The highest BCUT2D eigenvalue weighted by atomic mass is 32.2. The first-order chi connectivity index (χ1) is 11.0. The van der Waals surface area contributed by atoms with E-state index in [1.54, 1.807) is 24.7 Å². The van der Waals surface area contributed by atoms with Gasteiger partial charge in [0, 0.05) is 37.2 Å². The predicted molar refractivity (Wildman–Crippen MR) is 88.8 cm³/mol. The van der Waals surface area contributed by atoms with Gasteiger partial charge < -0.3 is 0 Å². The molecule has 1 atom stereocenters. The van der Waals surface area contributed by atoms with Crippen LogP contribution in [0.1, 0.15) is 30.0 Å². The first kappa shape index (κ1) is 16.1. The number of piperidine rings is 1. The van der Waals surface area contributed by atoms with Gasteiger partial charge >= 0.3 is 0 Å². The van der Waals surface area contributed by atoms with Crippen molar-refractivity contribution in [3.63, 3.8) is 0 Å². The summed E-state index contributed by atoms with van der Waals surface area (Å²) in [4.78, 5) is 11.1. The van der Waals surface area contributed by atoms with Crippen molar-refractivity contribution >= 4 is 9.84 Å². The van der Waals surface area contributed by atoms with Gasteiger partial charge in [0.05, 0.1) is 4.90 Å². The molecule has 2 aromatic rings. The lowest BCUT2D eigenvalue weighted by Crippen LogP contribution is -2.34. The fraction of sp³-hybridized carbons (Fsp3) is 0.412. The number of nitrogens with zero attached hydrogens (tertiary/aromatic N) is 3. The summed E-state index contributed by atoms with van der Waals surface area (Å²) >= 11 is 0. The number of aromatic nitrogens is 2. The van der Waals surface area contributed by atoms with Crippen molar-refractivity contribution in [2.45, 2.75) is 30.2 Å². The van der Waals surface area contributed by atoms with Gasteiger partial charge in [-0.15, -0.1) is 0 Å². The monoisotopic (exact) mass is 331 g/mol. The minimum Gasteiger partial charge on any atom is -0.298 e. The van der Waals surface area contributed by atoms with E-state index in [2.05, 4.69) is 14.9 Å². The lowest BCUT2D eigenvalue weighted by Gasteiger charge is -2.32. The topological polar surface area (TPSA) is 63.2 Å². The summed E-state index contributed by atoms with van der Waals surface area (Å²) in [5.41, 5.74) is 2.25. The van der Waals surface area contributed by atoms with E-state index in [0.29, 0.717) is 10.8 Å². The molecule has 0 unspecified atom stereocenters. The van der Waals surface area contributed by atoms with E-state index in [0.717, 1.165) is 43.7 Å². The van der Waals surface area contributed by atoms with Gasteiger partial charge in [-0.25, -0.2) is 18.4 Å². The normalized spacial score (nSPS) is 19.6. The van der Waals surface area contributed by atoms with Crippen molar-refractivity contribution in [1.29, 1.82) is 0 Å². The number of hydrogen-bond acceptors (Lipinski definition) is 5. The van der Waals surface area contributed by atoms with Gasteiger partial charge in [0.25, 0.3) is 0 Å². The van der Waals surface area contributed by atoms with Crippen LogP contribution in [0.15, 0.2) is 47.8 Å². The number of rotatable bonds is 4. The summed E-state index contributed by atoms with van der Waals surface area (Å²) in [5, 5.41) is 0. The van der Waals surface area contributed by atoms with Gasteiger partial charge in [-0.2, -0.15) is 0 Å². The fourth-order valence-electron chi connectivity index (χ4n) is 3.08. The quantitative estimate of drug-likeness (QED) is 0.860. The Balaban J connectivity index is 1.66. The summed E-state index contributed by atoms with van der Waals surface area (Å²) in [5.74, 6) is 0.446. The maximum Gasteiger partial charge on any atom is 0.175 e. The standard InChI is InChI=1S/C17H21N3O2S/c1-23(21,22)16-6-4-14(5-7-16)11-20-10-2-3-15(12-20)17-8-9-18-13-19-17/h4-9,13,15H,2-3,10-12H2,1H3/t15-/m0/s1. The van der Waals surface area contributed by atoms with Gasteiger partial charge in [-0.3, -0.25) is 4.90 Å². The Hall–Kier alpha value is -1.79. The number of benzene rings is 1. The van der Waals surface area contributed by atoms with Gasteiger partial charge in [0.1, 0.15) is 6.33 Å². The molecule has 0 saturated carbocycles. The molecule has 0 N–H and O–H groups in total. The first-order valence-corrected chi connectivity index (χ1v) is 9.69. The van der Waals surface area contributed by atoms with E-state index < -0.39 is 9.84 Å². The zero-order chi connectivity index (χ0) is 16.3. The molecule has 0 amide bonds. The highest BCUT2D eigenvalue weighted by molar-refractivity contribution is 7.90. The summed E-state index contributed by atoms with van der Waals surface area (Å²) in [6.07, 6.45) is 6.94. The van der Waals surface area contributed by atoms with Crippen LogP contribution < -0.4 is 0 Å². The highest BCUT2D eigenvalue weighted by Gasteiger charge is 2.22. The van der Waals surface area contributed by atoms with Crippen LogP contribution in [0.2, 0.25) is 0 Å². The molecule has 1 aromatic heterocycles. The molecule has 1 fully saturated rings. The van der Waals surface area contributed by atoms with Gasteiger partial charge in [-0.05, 0) is 43.1 Å². The van der Waals surface area contributed by atoms with E-state index >= 15 is 0 Å². The lowest BCUT2D eigenvalue weighted by atomic mass is 9.94. The van der Waals surface area contributed by atoms with Crippen LogP contribution in [-0.2, 0) is 16.4 Å². The Morgan fingerprint density at radius 1 is 1.22 bits per heavy atom. The minimum absolute atomic E-state index is 0.374. The van der Waals surface area contributed by atoms with Gasteiger partial charge in [0.2, 0.25) is 0 Å². The minimum atomic E-state index is -3.13. The number of hydrogen-bond donors (Lipinski definition) is 0. The van der Waals surface area contributed by atoms with Crippen molar-refractivity contribution in [3.05, 3.63) is 54.1 Å². The largest absolute Gasteiger partial charge is 0.298 e. The van der Waals surface area contributed by atoms with Crippen molar-refractivity contribution in [2.75, 3.05) is 19.3 Å². The molecule has 23 heavy (non-hydrogen) atoms. The van der Waals surface area contributed by atoms with Crippen molar-refractivity contribution in [3.8, 4) is 0 Å². The predicted octanol–water partition coefficient (Wildman–Crippen LogP) is 2.26. The van der Waals surface area contributed by atoms with Crippen LogP contribution in [0, 0.1) is 0 Å². The molecule has 0 radical (unpaired) electrons. The SMILES string of the molecule is CS(=O)(=O)c1ccc(CN2CCC[C@H](c3ccncn3)C2)cc1. The third-order valence-corrected chi connectivity index (χ3v) is 5.41. The molecule has 5 nitrogen and oxygen atoms in total. The average Bonchev–Trinajstić information content (AvgIpc) is 2.56. The maximum atomic E-state index is 11.5. The fourth-order valence-corrected chi connectivity index (χ4v) is 3.71.